The molecule has 1 aromatic carbocycles. The molecule has 0 unspecified atom stereocenters. The second-order valence-corrected chi connectivity index (χ2v) is 8.68. The van der Waals surface area contributed by atoms with Gasteiger partial charge in [0.1, 0.15) is 10.8 Å². The molecule has 0 spiro atoms. The van der Waals surface area contributed by atoms with Crippen LogP contribution in [0.25, 0.3) is 0 Å². The fourth-order valence-electron chi connectivity index (χ4n) is 2.91. The number of methoxy groups -OCH3 is 1. The third-order valence-corrected chi connectivity index (χ3v) is 6.59. The average Bonchev–Trinajstić information content (AvgIpc) is 3.36. The summed E-state index contributed by atoms with van der Waals surface area (Å²) < 4.78 is 6.78. The van der Waals surface area contributed by atoms with Crippen LogP contribution in [0.2, 0.25) is 0 Å². The normalized spacial score (nSPS) is 10.6. The molecule has 2 heterocycles. The first-order chi connectivity index (χ1) is 15.0. The van der Waals surface area contributed by atoms with Crippen LogP contribution in [0.3, 0.4) is 0 Å². The molecule has 3 rings (SSSR count). The molecule has 0 radical (unpaired) electrons. The largest absolute Gasteiger partial charge is 0.465 e. The summed E-state index contributed by atoms with van der Waals surface area (Å²) in [6.07, 6.45) is 3.20. The highest BCUT2D eigenvalue weighted by Gasteiger charge is 2.19. The van der Waals surface area contributed by atoms with Crippen LogP contribution < -0.4 is 5.32 Å². The highest BCUT2D eigenvalue weighted by molar-refractivity contribution is 7.99. The molecule has 31 heavy (non-hydrogen) atoms. The molecule has 9 heteroatoms. The Morgan fingerprint density at radius 2 is 2.06 bits per heavy atom. The number of aromatic nitrogens is 3. The second kappa shape index (κ2) is 10.9. The van der Waals surface area contributed by atoms with Crippen molar-refractivity contribution in [3.05, 3.63) is 70.9 Å². The van der Waals surface area contributed by atoms with Crippen LogP contribution >= 0.6 is 23.1 Å². The van der Waals surface area contributed by atoms with E-state index in [1.54, 1.807) is 12.1 Å². The number of hydrogen-bond acceptors (Lipinski definition) is 7. The highest BCUT2D eigenvalue weighted by Crippen LogP contribution is 2.29. The molecule has 1 N–H and O–H groups in total. The summed E-state index contributed by atoms with van der Waals surface area (Å²) in [6.45, 7) is 6.36. The van der Waals surface area contributed by atoms with E-state index in [0.717, 1.165) is 22.7 Å². The lowest BCUT2D eigenvalue weighted by atomic mass is 10.1. The molecule has 1 amide bonds. The SMILES string of the molecule is C=CCn1c(Cc2ccccc2)nnc1SCC(=O)Nc1sc(CC)cc1C(=O)OC. The fourth-order valence-corrected chi connectivity index (χ4v) is 4.68. The molecular formula is C22H24N4O3S2. The minimum Gasteiger partial charge on any atom is -0.465 e. The number of allylic oxidation sites excluding steroid dienone is 1. The van der Waals surface area contributed by atoms with Crippen LogP contribution in [-0.2, 0) is 28.9 Å². The molecule has 3 aromatic rings. The summed E-state index contributed by atoms with van der Waals surface area (Å²) in [5, 5.41) is 12.6. The van der Waals surface area contributed by atoms with Crippen LogP contribution in [-0.4, -0.2) is 39.5 Å². The molecular weight excluding hydrogens is 432 g/mol. The Hall–Kier alpha value is -2.91. The number of rotatable bonds is 10. The van der Waals surface area contributed by atoms with Crippen LogP contribution in [0.1, 0.15) is 33.5 Å². The lowest BCUT2D eigenvalue weighted by Crippen LogP contribution is -2.16. The minimum atomic E-state index is -0.463. The Bertz CT molecular complexity index is 1060. The molecule has 0 bridgehead atoms. The highest BCUT2D eigenvalue weighted by atomic mass is 32.2. The zero-order valence-corrected chi connectivity index (χ0v) is 19.1. The fraction of sp³-hybridized carbons (Fsp3) is 0.273. The molecule has 0 fully saturated rings. The number of nitrogens with zero attached hydrogens (tertiary/aromatic N) is 3. The first kappa shape index (κ1) is 22.8. The maximum Gasteiger partial charge on any atom is 0.340 e. The summed E-state index contributed by atoms with van der Waals surface area (Å²) in [5.74, 6) is 0.265. The summed E-state index contributed by atoms with van der Waals surface area (Å²) in [4.78, 5) is 25.5. The van der Waals surface area contributed by atoms with Gasteiger partial charge in [0, 0.05) is 17.8 Å². The van der Waals surface area contributed by atoms with E-state index < -0.39 is 5.97 Å². The second-order valence-electron chi connectivity index (χ2n) is 6.60. The van der Waals surface area contributed by atoms with E-state index >= 15 is 0 Å². The van der Waals surface area contributed by atoms with Crippen LogP contribution in [0, 0.1) is 0 Å². The van der Waals surface area contributed by atoms with Gasteiger partial charge in [0.15, 0.2) is 5.16 Å². The van der Waals surface area contributed by atoms with E-state index in [2.05, 4.69) is 22.1 Å². The number of benzene rings is 1. The van der Waals surface area contributed by atoms with Gasteiger partial charge < -0.3 is 14.6 Å². The number of hydrogen-bond donors (Lipinski definition) is 1. The Balaban J connectivity index is 1.68. The van der Waals surface area contributed by atoms with Crippen molar-refractivity contribution in [3.8, 4) is 0 Å². The van der Waals surface area contributed by atoms with Crippen LogP contribution in [0.15, 0.2) is 54.2 Å². The van der Waals surface area contributed by atoms with E-state index in [-0.39, 0.29) is 11.7 Å². The number of thiophene rings is 1. The Kier molecular flexibility index (Phi) is 8.02. The predicted molar refractivity (Wildman–Crippen MR) is 124 cm³/mol. The van der Waals surface area contributed by atoms with Gasteiger partial charge in [-0.1, -0.05) is 55.1 Å². The maximum absolute atomic E-state index is 12.6. The van der Waals surface area contributed by atoms with Crippen molar-refractivity contribution in [1.29, 1.82) is 0 Å². The van der Waals surface area contributed by atoms with Crippen molar-refractivity contribution >= 4 is 40.0 Å². The Morgan fingerprint density at radius 3 is 2.74 bits per heavy atom. The number of esters is 1. The van der Waals surface area contributed by atoms with Crippen molar-refractivity contribution in [2.75, 3.05) is 18.2 Å². The number of amides is 1. The van der Waals surface area contributed by atoms with Crippen LogP contribution in [0.4, 0.5) is 5.00 Å². The quantitative estimate of drug-likeness (QED) is 0.280. The molecule has 0 saturated heterocycles. The van der Waals surface area contributed by atoms with Crippen molar-refractivity contribution < 1.29 is 14.3 Å². The number of ether oxygens (including phenoxy) is 1. The average molecular weight is 457 g/mol. The van der Waals surface area contributed by atoms with Crippen LogP contribution in [0.5, 0.6) is 0 Å². The van der Waals surface area contributed by atoms with Crippen molar-refractivity contribution in [3.63, 3.8) is 0 Å². The zero-order valence-electron chi connectivity index (χ0n) is 17.5. The van der Waals surface area contributed by atoms with Gasteiger partial charge >= 0.3 is 5.97 Å². The number of aryl methyl sites for hydroxylation is 1. The van der Waals surface area contributed by atoms with Gasteiger partial charge in [-0.25, -0.2) is 4.79 Å². The number of carbonyl (C=O) groups excluding carboxylic acids is 2. The third-order valence-electron chi connectivity index (χ3n) is 4.43. The van der Waals surface area contributed by atoms with Gasteiger partial charge in [-0.2, -0.15) is 0 Å². The topological polar surface area (TPSA) is 86.1 Å². The van der Waals surface area contributed by atoms with Gasteiger partial charge in [0.25, 0.3) is 0 Å². The number of anilines is 1. The zero-order chi connectivity index (χ0) is 22.2. The molecule has 0 aliphatic rings. The predicted octanol–water partition coefficient (Wildman–Crippen LogP) is 4.20. The molecule has 0 aliphatic carbocycles. The van der Waals surface area contributed by atoms with E-state index in [9.17, 15) is 9.59 Å². The number of carbonyl (C=O) groups is 2. The summed E-state index contributed by atoms with van der Waals surface area (Å²) in [6, 6.07) is 11.8. The van der Waals surface area contributed by atoms with Crippen molar-refractivity contribution in [2.45, 2.75) is 31.5 Å². The van der Waals surface area contributed by atoms with E-state index in [4.69, 9.17) is 4.74 Å². The van der Waals surface area contributed by atoms with E-state index in [1.165, 1.54) is 30.2 Å². The van der Waals surface area contributed by atoms with Crippen molar-refractivity contribution in [1.82, 2.24) is 14.8 Å². The lowest BCUT2D eigenvalue weighted by molar-refractivity contribution is -0.113. The molecule has 0 saturated carbocycles. The van der Waals surface area contributed by atoms with E-state index in [1.807, 2.05) is 41.8 Å². The molecule has 2 aromatic heterocycles. The summed E-state index contributed by atoms with van der Waals surface area (Å²) in [5.41, 5.74) is 1.51. The minimum absolute atomic E-state index is 0.139. The first-order valence-corrected chi connectivity index (χ1v) is 11.6. The third kappa shape index (κ3) is 5.83. The lowest BCUT2D eigenvalue weighted by Gasteiger charge is -2.08. The van der Waals surface area contributed by atoms with Crippen molar-refractivity contribution in [2.24, 2.45) is 0 Å². The van der Waals surface area contributed by atoms with Gasteiger partial charge in [-0.05, 0) is 18.1 Å². The smallest absolute Gasteiger partial charge is 0.340 e. The van der Waals surface area contributed by atoms with Gasteiger partial charge in [0.2, 0.25) is 5.91 Å². The summed E-state index contributed by atoms with van der Waals surface area (Å²) >= 11 is 2.68. The van der Waals surface area contributed by atoms with Gasteiger partial charge in [0.05, 0.1) is 18.4 Å². The number of thioether (sulfide) groups is 1. The Labute approximate surface area is 189 Å². The monoisotopic (exact) mass is 456 g/mol. The maximum atomic E-state index is 12.6. The first-order valence-electron chi connectivity index (χ1n) is 9.76. The molecule has 162 valence electrons. The molecule has 0 atom stereocenters. The molecule has 0 aliphatic heterocycles. The standard InChI is InChI=1S/C22H24N4O3S2/c1-4-11-26-18(12-15-9-7-6-8-10-15)24-25-22(26)30-14-19(27)23-20-17(21(28)29-3)13-16(5-2)31-20/h4,6-10,13H,1,5,11-12,14H2,2-3H3,(H,23,27). The molecule has 7 nitrogen and oxygen atoms in total. The Morgan fingerprint density at radius 1 is 1.29 bits per heavy atom. The van der Waals surface area contributed by atoms with Gasteiger partial charge in [-0.15, -0.1) is 28.1 Å². The van der Waals surface area contributed by atoms with E-state index in [0.29, 0.717) is 28.7 Å². The summed E-state index contributed by atoms with van der Waals surface area (Å²) in [7, 11) is 1.33. The van der Waals surface area contributed by atoms with Gasteiger partial charge in [-0.3, -0.25) is 4.79 Å². The number of nitrogens with one attached hydrogen (secondary N) is 1.